The van der Waals surface area contributed by atoms with Gasteiger partial charge in [-0.3, -0.25) is 4.79 Å². The van der Waals surface area contributed by atoms with E-state index in [1.165, 1.54) is 25.8 Å². The van der Waals surface area contributed by atoms with Crippen LogP contribution in [-0.4, -0.2) is 39.7 Å². The Bertz CT molecular complexity index is 605. The molecule has 0 spiro atoms. The van der Waals surface area contributed by atoms with Crippen LogP contribution in [0, 0.1) is 0 Å². The van der Waals surface area contributed by atoms with Crippen molar-refractivity contribution in [2.45, 2.75) is 38.6 Å². The Morgan fingerprint density at radius 3 is 3.15 bits per heavy atom. The van der Waals surface area contributed by atoms with Crippen molar-refractivity contribution in [3.8, 4) is 0 Å². The van der Waals surface area contributed by atoms with E-state index in [1.807, 2.05) is 22.7 Å². The van der Waals surface area contributed by atoms with Gasteiger partial charge >= 0.3 is 0 Å². The third-order valence-corrected chi connectivity index (χ3v) is 4.29. The van der Waals surface area contributed by atoms with Crippen molar-refractivity contribution in [3.05, 3.63) is 35.8 Å². The molecule has 1 saturated heterocycles. The lowest BCUT2D eigenvalue weighted by Gasteiger charge is -2.34. The summed E-state index contributed by atoms with van der Waals surface area (Å²) in [6.45, 7) is 4.54. The van der Waals surface area contributed by atoms with E-state index >= 15 is 0 Å². The molecule has 2 aromatic heterocycles. The number of imidazole rings is 1. The Labute approximate surface area is 119 Å². The fourth-order valence-corrected chi connectivity index (χ4v) is 3.22. The molecule has 0 saturated carbocycles. The van der Waals surface area contributed by atoms with Crippen molar-refractivity contribution in [1.82, 2.24) is 14.3 Å². The van der Waals surface area contributed by atoms with Gasteiger partial charge in [-0.05, 0) is 38.1 Å². The summed E-state index contributed by atoms with van der Waals surface area (Å²) in [5.41, 5.74) is 2.52. The Morgan fingerprint density at radius 1 is 1.45 bits per heavy atom. The molecule has 1 aliphatic heterocycles. The maximum Gasteiger partial charge on any atom is 0.153 e. The Kier molecular flexibility index (Phi) is 3.83. The zero-order chi connectivity index (χ0) is 13.9. The Morgan fingerprint density at radius 2 is 2.35 bits per heavy atom. The standard InChI is InChI=1S/C16H21N3O/c1-2-18-8-4-3-7-15(18)10-14-11-19-9-5-6-13(12-20)16(19)17-14/h5-6,9,11-12,15H,2-4,7-8,10H2,1H3. The van der Waals surface area contributed by atoms with E-state index in [4.69, 9.17) is 0 Å². The summed E-state index contributed by atoms with van der Waals surface area (Å²) in [6, 6.07) is 4.30. The highest BCUT2D eigenvalue weighted by atomic mass is 16.1. The van der Waals surface area contributed by atoms with Crippen LogP contribution < -0.4 is 0 Å². The smallest absolute Gasteiger partial charge is 0.153 e. The lowest BCUT2D eigenvalue weighted by Crippen LogP contribution is -2.40. The third-order valence-electron chi connectivity index (χ3n) is 4.29. The van der Waals surface area contributed by atoms with Crippen LogP contribution in [0.1, 0.15) is 42.2 Å². The van der Waals surface area contributed by atoms with Gasteiger partial charge in [0.15, 0.2) is 6.29 Å². The van der Waals surface area contributed by atoms with Crippen LogP contribution in [0.25, 0.3) is 5.65 Å². The van der Waals surface area contributed by atoms with E-state index in [9.17, 15) is 4.79 Å². The number of nitrogens with zero attached hydrogens (tertiary/aromatic N) is 3. The first-order valence-electron chi connectivity index (χ1n) is 7.47. The average Bonchev–Trinajstić information content (AvgIpc) is 2.90. The summed E-state index contributed by atoms with van der Waals surface area (Å²) < 4.78 is 1.96. The van der Waals surface area contributed by atoms with Gasteiger partial charge < -0.3 is 9.30 Å². The van der Waals surface area contributed by atoms with Gasteiger partial charge in [-0.15, -0.1) is 0 Å². The summed E-state index contributed by atoms with van der Waals surface area (Å²) in [5.74, 6) is 0. The SMILES string of the molecule is CCN1CCCCC1Cc1cn2cccc(C=O)c2n1. The minimum atomic E-state index is 0.596. The maximum absolute atomic E-state index is 11.1. The van der Waals surface area contributed by atoms with Crippen LogP contribution in [0.15, 0.2) is 24.5 Å². The van der Waals surface area contributed by atoms with E-state index in [0.29, 0.717) is 11.6 Å². The number of carbonyl (C=O) groups is 1. The predicted molar refractivity (Wildman–Crippen MR) is 79.2 cm³/mol. The van der Waals surface area contributed by atoms with Crippen LogP contribution >= 0.6 is 0 Å². The molecule has 2 aromatic rings. The van der Waals surface area contributed by atoms with E-state index < -0.39 is 0 Å². The number of hydrogen-bond acceptors (Lipinski definition) is 3. The lowest BCUT2D eigenvalue weighted by atomic mass is 9.98. The first-order chi connectivity index (χ1) is 9.81. The molecular weight excluding hydrogens is 250 g/mol. The molecule has 1 atom stereocenters. The normalized spacial score (nSPS) is 20.4. The number of hydrogen-bond donors (Lipinski definition) is 0. The molecule has 0 radical (unpaired) electrons. The summed E-state index contributed by atoms with van der Waals surface area (Å²) >= 11 is 0. The number of likely N-dealkylation sites (tertiary alicyclic amines) is 1. The van der Waals surface area contributed by atoms with E-state index in [0.717, 1.165) is 30.6 Å². The van der Waals surface area contributed by atoms with Crippen molar-refractivity contribution in [2.24, 2.45) is 0 Å². The van der Waals surface area contributed by atoms with Gasteiger partial charge in [0.05, 0.1) is 11.3 Å². The second-order valence-corrected chi connectivity index (χ2v) is 5.53. The van der Waals surface area contributed by atoms with Gasteiger partial charge in [0.25, 0.3) is 0 Å². The van der Waals surface area contributed by atoms with Crippen LogP contribution in [0.4, 0.5) is 0 Å². The summed E-state index contributed by atoms with van der Waals surface area (Å²) in [5, 5.41) is 0. The minimum Gasteiger partial charge on any atom is -0.306 e. The third kappa shape index (κ3) is 2.48. The van der Waals surface area contributed by atoms with Crippen molar-refractivity contribution in [2.75, 3.05) is 13.1 Å². The van der Waals surface area contributed by atoms with Crippen LogP contribution in [0.3, 0.4) is 0 Å². The lowest BCUT2D eigenvalue weighted by molar-refractivity contribution is 0.112. The van der Waals surface area contributed by atoms with Gasteiger partial charge in [-0.1, -0.05) is 13.3 Å². The number of carbonyl (C=O) groups excluding carboxylic acids is 1. The first-order valence-corrected chi connectivity index (χ1v) is 7.47. The molecule has 4 nitrogen and oxygen atoms in total. The number of rotatable bonds is 4. The van der Waals surface area contributed by atoms with Crippen LogP contribution in [0.2, 0.25) is 0 Å². The number of aromatic nitrogens is 2. The fourth-order valence-electron chi connectivity index (χ4n) is 3.22. The maximum atomic E-state index is 11.1. The topological polar surface area (TPSA) is 37.6 Å². The van der Waals surface area contributed by atoms with Gasteiger partial charge in [0, 0.05) is 24.9 Å². The van der Waals surface area contributed by atoms with Gasteiger partial charge in [0.1, 0.15) is 5.65 Å². The van der Waals surface area contributed by atoms with E-state index in [2.05, 4.69) is 23.0 Å². The zero-order valence-corrected chi connectivity index (χ0v) is 12.0. The highest BCUT2D eigenvalue weighted by Crippen LogP contribution is 2.20. The Balaban J connectivity index is 1.85. The molecule has 106 valence electrons. The molecule has 0 aromatic carbocycles. The second-order valence-electron chi connectivity index (χ2n) is 5.53. The number of pyridine rings is 1. The van der Waals surface area contributed by atoms with E-state index in [1.54, 1.807) is 0 Å². The molecule has 0 aliphatic carbocycles. The number of piperidine rings is 1. The largest absolute Gasteiger partial charge is 0.306 e. The second kappa shape index (κ2) is 5.75. The van der Waals surface area contributed by atoms with Crippen molar-refractivity contribution >= 4 is 11.9 Å². The van der Waals surface area contributed by atoms with Gasteiger partial charge in [-0.25, -0.2) is 4.98 Å². The average molecular weight is 271 g/mol. The molecule has 4 heteroatoms. The minimum absolute atomic E-state index is 0.596. The molecule has 1 aliphatic rings. The number of aldehydes is 1. The highest BCUT2D eigenvalue weighted by molar-refractivity contribution is 5.84. The van der Waals surface area contributed by atoms with Crippen molar-refractivity contribution in [3.63, 3.8) is 0 Å². The summed E-state index contributed by atoms with van der Waals surface area (Å²) in [6.07, 6.45) is 9.75. The van der Waals surface area contributed by atoms with Crippen molar-refractivity contribution in [1.29, 1.82) is 0 Å². The molecule has 3 rings (SSSR count). The Hall–Kier alpha value is -1.68. The zero-order valence-electron chi connectivity index (χ0n) is 12.0. The molecule has 0 N–H and O–H groups in total. The summed E-state index contributed by atoms with van der Waals surface area (Å²) in [4.78, 5) is 18.3. The van der Waals surface area contributed by atoms with Crippen LogP contribution in [0.5, 0.6) is 0 Å². The fraction of sp³-hybridized carbons (Fsp3) is 0.500. The number of fused-ring (bicyclic) bond motifs is 1. The highest BCUT2D eigenvalue weighted by Gasteiger charge is 2.22. The van der Waals surface area contributed by atoms with Crippen molar-refractivity contribution < 1.29 is 4.79 Å². The number of likely N-dealkylation sites (N-methyl/N-ethyl adjacent to an activating group) is 1. The molecule has 20 heavy (non-hydrogen) atoms. The molecule has 0 amide bonds. The predicted octanol–water partition coefficient (Wildman–Crippen LogP) is 2.56. The molecule has 3 heterocycles. The monoisotopic (exact) mass is 271 g/mol. The molecule has 0 bridgehead atoms. The molecular formula is C16H21N3O. The quantitative estimate of drug-likeness (QED) is 0.802. The van der Waals surface area contributed by atoms with E-state index in [-0.39, 0.29) is 0 Å². The van der Waals surface area contributed by atoms with Gasteiger partial charge in [-0.2, -0.15) is 0 Å². The molecule has 1 unspecified atom stereocenters. The van der Waals surface area contributed by atoms with Crippen LogP contribution in [-0.2, 0) is 6.42 Å². The van der Waals surface area contributed by atoms with Gasteiger partial charge in [0.2, 0.25) is 0 Å². The summed E-state index contributed by atoms with van der Waals surface area (Å²) in [7, 11) is 0. The first kappa shape index (κ1) is 13.3. The molecule has 1 fully saturated rings.